The molecule has 2 fully saturated rings. The standard InChI is InChI=1S/C18H21N3O2/c22-18(12-1-2-12)21-17-10-14-9-16(4-3-13(14)11-20-17)23-15-5-7-19-8-6-15/h3-4,9-12,15,19H,1-2,5-8H2,(H,20,21,22). The molecule has 0 atom stereocenters. The third-order valence-corrected chi connectivity index (χ3v) is 4.48. The zero-order valence-electron chi connectivity index (χ0n) is 13.0. The van der Waals surface area contributed by atoms with E-state index < -0.39 is 0 Å². The second-order valence-corrected chi connectivity index (χ2v) is 6.41. The minimum atomic E-state index is 0.0824. The molecule has 5 nitrogen and oxygen atoms in total. The Morgan fingerprint density at radius 1 is 1.13 bits per heavy atom. The van der Waals surface area contributed by atoms with E-state index in [9.17, 15) is 4.79 Å². The molecule has 1 aromatic carbocycles. The molecular formula is C18H21N3O2. The molecule has 1 saturated heterocycles. The van der Waals surface area contributed by atoms with Crippen LogP contribution in [-0.2, 0) is 4.79 Å². The maximum Gasteiger partial charge on any atom is 0.228 e. The molecule has 23 heavy (non-hydrogen) atoms. The number of carbonyl (C=O) groups is 1. The summed E-state index contributed by atoms with van der Waals surface area (Å²) in [6.45, 7) is 2.03. The van der Waals surface area contributed by atoms with Crippen molar-refractivity contribution in [1.29, 1.82) is 0 Å². The zero-order valence-corrected chi connectivity index (χ0v) is 13.0. The van der Waals surface area contributed by atoms with Gasteiger partial charge >= 0.3 is 0 Å². The van der Waals surface area contributed by atoms with Crippen LogP contribution in [0.1, 0.15) is 25.7 Å². The SMILES string of the molecule is O=C(Nc1cc2cc(OC3CCNCC3)ccc2cn1)C1CC1. The third-order valence-electron chi connectivity index (χ3n) is 4.48. The van der Waals surface area contributed by atoms with Crippen LogP contribution in [0.15, 0.2) is 30.5 Å². The number of hydrogen-bond acceptors (Lipinski definition) is 4. The summed E-state index contributed by atoms with van der Waals surface area (Å²) in [6.07, 6.45) is 6.14. The van der Waals surface area contributed by atoms with Crippen molar-refractivity contribution < 1.29 is 9.53 Å². The highest BCUT2D eigenvalue weighted by Crippen LogP contribution is 2.30. The lowest BCUT2D eigenvalue weighted by Crippen LogP contribution is -2.34. The van der Waals surface area contributed by atoms with Gasteiger partial charge in [-0.2, -0.15) is 0 Å². The Balaban J connectivity index is 1.52. The van der Waals surface area contributed by atoms with Gasteiger partial charge in [0.25, 0.3) is 0 Å². The molecule has 4 rings (SSSR count). The first kappa shape index (κ1) is 14.5. The summed E-state index contributed by atoms with van der Waals surface area (Å²) >= 11 is 0. The molecule has 2 aliphatic rings. The minimum absolute atomic E-state index is 0.0824. The van der Waals surface area contributed by atoms with Gasteiger partial charge in [0, 0.05) is 17.5 Å². The van der Waals surface area contributed by atoms with Crippen LogP contribution < -0.4 is 15.4 Å². The number of aromatic nitrogens is 1. The Kier molecular flexibility index (Phi) is 3.87. The average Bonchev–Trinajstić information content (AvgIpc) is 3.40. The summed E-state index contributed by atoms with van der Waals surface area (Å²) in [4.78, 5) is 16.2. The Morgan fingerprint density at radius 3 is 2.74 bits per heavy atom. The van der Waals surface area contributed by atoms with Gasteiger partial charge in [0.15, 0.2) is 0 Å². The van der Waals surface area contributed by atoms with Gasteiger partial charge in [0.1, 0.15) is 17.7 Å². The topological polar surface area (TPSA) is 63.2 Å². The average molecular weight is 311 g/mol. The number of amides is 1. The van der Waals surface area contributed by atoms with Gasteiger partial charge in [-0.3, -0.25) is 4.79 Å². The monoisotopic (exact) mass is 311 g/mol. The Bertz CT molecular complexity index is 721. The number of nitrogens with zero attached hydrogens (tertiary/aromatic N) is 1. The molecular weight excluding hydrogens is 290 g/mol. The van der Waals surface area contributed by atoms with Crippen molar-refractivity contribution in [3.05, 3.63) is 30.5 Å². The van der Waals surface area contributed by atoms with Gasteiger partial charge in [-0.1, -0.05) is 0 Å². The fraction of sp³-hybridized carbons (Fsp3) is 0.444. The minimum Gasteiger partial charge on any atom is -0.490 e. The number of ether oxygens (including phenoxy) is 1. The number of anilines is 1. The van der Waals surface area contributed by atoms with Crippen LogP contribution in [0.3, 0.4) is 0 Å². The quantitative estimate of drug-likeness (QED) is 0.911. The second kappa shape index (κ2) is 6.16. The van der Waals surface area contributed by atoms with Crippen molar-refractivity contribution in [3.63, 3.8) is 0 Å². The van der Waals surface area contributed by atoms with E-state index in [4.69, 9.17) is 4.74 Å². The Hall–Kier alpha value is -2.14. The van der Waals surface area contributed by atoms with Gasteiger partial charge in [0.05, 0.1) is 0 Å². The molecule has 1 aromatic heterocycles. The van der Waals surface area contributed by atoms with E-state index in [1.165, 1.54) is 0 Å². The number of hydrogen-bond donors (Lipinski definition) is 2. The lowest BCUT2D eigenvalue weighted by atomic mass is 10.1. The van der Waals surface area contributed by atoms with E-state index in [0.717, 1.165) is 55.3 Å². The molecule has 1 amide bonds. The van der Waals surface area contributed by atoms with Crippen molar-refractivity contribution in [1.82, 2.24) is 10.3 Å². The number of carbonyl (C=O) groups excluding carboxylic acids is 1. The summed E-state index contributed by atoms with van der Waals surface area (Å²) in [5.74, 6) is 1.77. The van der Waals surface area contributed by atoms with E-state index in [1.807, 2.05) is 24.3 Å². The smallest absolute Gasteiger partial charge is 0.228 e. The van der Waals surface area contributed by atoms with Crippen LogP contribution in [0.25, 0.3) is 10.8 Å². The lowest BCUT2D eigenvalue weighted by molar-refractivity contribution is -0.117. The number of fused-ring (bicyclic) bond motifs is 1. The number of piperidine rings is 1. The molecule has 0 spiro atoms. The molecule has 2 heterocycles. The van der Waals surface area contributed by atoms with Gasteiger partial charge < -0.3 is 15.4 Å². The molecule has 1 aliphatic carbocycles. The molecule has 5 heteroatoms. The number of nitrogens with one attached hydrogen (secondary N) is 2. The summed E-state index contributed by atoms with van der Waals surface area (Å²) in [6, 6.07) is 7.97. The normalized spacial score (nSPS) is 18.8. The largest absolute Gasteiger partial charge is 0.490 e. The predicted octanol–water partition coefficient (Wildman–Crippen LogP) is 2.71. The van der Waals surface area contributed by atoms with Crippen molar-refractivity contribution in [3.8, 4) is 5.75 Å². The summed E-state index contributed by atoms with van der Waals surface area (Å²) in [5.41, 5.74) is 0. The van der Waals surface area contributed by atoms with Crippen LogP contribution >= 0.6 is 0 Å². The van der Waals surface area contributed by atoms with E-state index in [-0.39, 0.29) is 17.9 Å². The summed E-state index contributed by atoms with van der Waals surface area (Å²) in [5, 5.41) is 8.33. The summed E-state index contributed by atoms with van der Waals surface area (Å²) in [7, 11) is 0. The highest BCUT2D eigenvalue weighted by atomic mass is 16.5. The Labute approximate surface area is 135 Å². The summed E-state index contributed by atoms with van der Waals surface area (Å²) < 4.78 is 6.08. The number of rotatable bonds is 4. The molecule has 0 radical (unpaired) electrons. The molecule has 2 N–H and O–H groups in total. The highest BCUT2D eigenvalue weighted by Gasteiger charge is 2.29. The van der Waals surface area contributed by atoms with E-state index in [2.05, 4.69) is 15.6 Å². The molecule has 0 bridgehead atoms. The lowest BCUT2D eigenvalue weighted by Gasteiger charge is -2.24. The number of benzene rings is 1. The number of pyridine rings is 1. The van der Waals surface area contributed by atoms with Gasteiger partial charge in [-0.05, 0) is 68.4 Å². The van der Waals surface area contributed by atoms with Crippen molar-refractivity contribution in [2.45, 2.75) is 31.8 Å². The first-order valence-electron chi connectivity index (χ1n) is 8.36. The zero-order chi connectivity index (χ0) is 15.6. The van der Waals surface area contributed by atoms with E-state index >= 15 is 0 Å². The van der Waals surface area contributed by atoms with Crippen LogP contribution in [-0.4, -0.2) is 30.1 Å². The molecule has 1 saturated carbocycles. The van der Waals surface area contributed by atoms with Crippen LogP contribution in [0.4, 0.5) is 5.82 Å². The van der Waals surface area contributed by atoms with Gasteiger partial charge in [0.2, 0.25) is 5.91 Å². The fourth-order valence-corrected chi connectivity index (χ4v) is 2.94. The molecule has 120 valence electrons. The molecule has 0 unspecified atom stereocenters. The van der Waals surface area contributed by atoms with Crippen molar-refractivity contribution >= 4 is 22.5 Å². The highest BCUT2D eigenvalue weighted by molar-refractivity contribution is 5.95. The fourth-order valence-electron chi connectivity index (χ4n) is 2.94. The van der Waals surface area contributed by atoms with Crippen molar-refractivity contribution in [2.75, 3.05) is 18.4 Å². The predicted molar refractivity (Wildman–Crippen MR) is 89.6 cm³/mol. The molecule has 1 aliphatic heterocycles. The van der Waals surface area contributed by atoms with Crippen LogP contribution in [0.2, 0.25) is 0 Å². The van der Waals surface area contributed by atoms with Crippen LogP contribution in [0, 0.1) is 5.92 Å². The van der Waals surface area contributed by atoms with E-state index in [1.54, 1.807) is 6.20 Å². The molecule has 2 aromatic rings. The maximum atomic E-state index is 11.9. The second-order valence-electron chi connectivity index (χ2n) is 6.41. The van der Waals surface area contributed by atoms with Crippen molar-refractivity contribution in [2.24, 2.45) is 5.92 Å². The van der Waals surface area contributed by atoms with Gasteiger partial charge in [-0.25, -0.2) is 4.98 Å². The van der Waals surface area contributed by atoms with Crippen LogP contribution in [0.5, 0.6) is 5.75 Å². The van der Waals surface area contributed by atoms with Gasteiger partial charge in [-0.15, -0.1) is 0 Å². The third kappa shape index (κ3) is 3.45. The first-order valence-corrected chi connectivity index (χ1v) is 8.36. The first-order chi connectivity index (χ1) is 11.3. The maximum absolute atomic E-state index is 11.9. The van der Waals surface area contributed by atoms with E-state index in [0.29, 0.717) is 5.82 Å². The Morgan fingerprint density at radius 2 is 1.96 bits per heavy atom.